The second-order valence-electron chi connectivity index (χ2n) is 5.50. The minimum absolute atomic E-state index is 0.0284. The van der Waals surface area contributed by atoms with Crippen molar-refractivity contribution in [2.75, 3.05) is 11.1 Å². The highest BCUT2D eigenvalue weighted by Gasteiger charge is 2.18. The molecule has 2 aromatic heterocycles. The summed E-state index contributed by atoms with van der Waals surface area (Å²) >= 11 is 0. The highest BCUT2D eigenvalue weighted by Crippen LogP contribution is 2.27. The average molecular weight is 351 g/mol. The maximum Gasteiger partial charge on any atom is 0.331 e. The molecule has 1 aromatic carbocycles. The predicted octanol–water partition coefficient (Wildman–Crippen LogP) is 3.16. The Hall–Kier alpha value is -3.68. The van der Waals surface area contributed by atoms with Crippen LogP contribution in [0.4, 0.5) is 17.3 Å². The number of rotatable bonds is 7. The zero-order chi connectivity index (χ0) is 18.4. The number of hydrogen-bond donors (Lipinski definition) is 2. The number of nitrogens with two attached hydrogens (primary N) is 1. The molecule has 8 heteroatoms. The van der Waals surface area contributed by atoms with Crippen LogP contribution in [0, 0.1) is 10.1 Å². The second kappa shape index (κ2) is 7.93. The van der Waals surface area contributed by atoms with Gasteiger partial charge in [-0.15, -0.1) is 0 Å². The first-order chi connectivity index (χ1) is 12.6. The fourth-order valence-corrected chi connectivity index (χ4v) is 2.24. The van der Waals surface area contributed by atoms with E-state index in [1.54, 1.807) is 12.3 Å². The maximum atomic E-state index is 11.2. The second-order valence-corrected chi connectivity index (χ2v) is 5.50. The van der Waals surface area contributed by atoms with E-state index in [9.17, 15) is 10.1 Å². The molecule has 0 radical (unpaired) electrons. The molecule has 0 saturated heterocycles. The van der Waals surface area contributed by atoms with E-state index in [2.05, 4.69) is 15.3 Å². The molecule has 3 N–H and O–H groups in total. The first-order valence-electron chi connectivity index (χ1n) is 7.88. The monoisotopic (exact) mass is 351 g/mol. The summed E-state index contributed by atoms with van der Waals surface area (Å²) in [4.78, 5) is 18.9. The minimum atomic E-state index is -0.513. The summed E-state index contributed by atoms with van der Waals surface area (Å²) in [5, 5.41) is 14.3. The highest BCUT2D eigenvalue weighted by atomic mass is 16.6. The largest absolute Gasteiger partial charge is 0.468 e. The number of benzene rings is 1. The van der Waals surface area contributed by atoms with Crippen molar-refractivity contribution in [2.24, 2.45) is 0 Å². The molecule has 0 atom stereocenters. The van der Waals surface area contributed by atoms with E-state index in [0.29, 0.717) is 18.2 Å². The Morgan fingerprint density at radius 2 is 1.88 bits per heavy atom. The third-order valence-electron chi connectivity index (χ3n) is 3.58. The molecule has 0 fully saturated rings. The van der Waals surface area contributed by atoms with Gasteiger partial charge in [-0.3, -0.25) is 10.1 Å². The number of nitrogen functional groups attached to an aromatic ring is 1. The summed E-state index contributed by atoms with van der Waals surface area (Å²) in [6, 6.07) is 15.8. The van der Waals surface area contributed by atoms with Gasteiger partial charge in [-0.2, -0.15) is 4.98 Å². The van der Waals surface area contributed by atoms with E-state index >= 15 is 0 Å². The Kier molecular flexibility index (Phi) is 5.23. The van der Waals surface area contributed by atoms with Crippen LogP contribution in [0.5, 0.6) is 5.88 Å². The number of aromatic nitrogens is 2. The lowest BCUT2D eigenvalue weighted by atomic mass is 10.2. The van der Waals surface area contributed by atoms with Gasteiger partial charge in [0.05, 0.1) is 4.92 Å². The van der Waals surface area contributed by atoms with Crippen molar-refractivity contribution in [2.45, 2.75) is 13.2 Å². The number of ether oxygens (including phenoxy) is 1. The molecule has 26 heavy (non-hydrogen) atoms. The van der Waals surface area contributed by atoms with Crippen LogP contribution in [-0.4, -0.2) is 14.9 Å². The highest BCUT2D eigenvalue weighted by molar-refractivity contribution is 5.49. The fraction of sp³-hybridized carbons (Fsp3) is 0.111. The lowest BCUT2D eigenvalue weighted by Crippen LogP contribution is -2.06. The summed E-state index contributed by atoms with van der Waals surface area (Å²) in [6.07, 6.45) is 1.65. The standard InChI is InChI=1S/C18H17N5O3/c19-16-8-6-14(10-20-16)11-21-17-9-7-15(23(24)25)18(22-17)26-12-13-4-2-1-3-5-13/h1-10H,11-12H2,(H2,19,20)(H,21,22). The lowest BCUT2D eigenvalue weighted by molar-refractivity contribution is -0.386. The van der Waals surface area contributed by atoms with E-state index < -0.39 is 4.92 Å². The molecule has 0 aliphatic heterocycles. The van der Waals surface area contributed by atoms with Crippen LogP contribution in [0.25, 0.3) is 0 Å². The van der Waals surface area contributed by atoms with Crippen LogP contribution in [0.15, 0.2) is 60.8 Å². The van der Waals surface area contributed by atoms with Crippen molar-refractivity contribution in [3.63, 3.8) is 0 Å². The first kappa shape index (κ1) is 17.2. The van der Waals surface area contributed by atoms with Gasteiger partial charge >= 0.3 is 5.69 Å². The quantitative estimate of drug-likeness (QED) is 0.496. The zero-order valence-corrected chi connectivity index (χ0v) is 13.8. The van der Waals surface area contributed by atoms with Gasteiger partial charge < -0.3 is 15.8 Å². The van der Waals surface area contributed by atoms with Gasteiger partial charge in [0.15, 0.2) is 0 Å². The third-order valence-corrected chi connectivity index (χ3v) is 3.58. The average Bonchev–Trinajstić information content (AvgIpc) is 2.66. The van der Waals surface area contributed by atoms with Crippen molar-refractivity contribution in [3.8, 4) is 5.88 Å². The Morgan fingerprint density at radius 3 is 2.58 bits per heavy atom. The van der Waals surface area contributed by atoms with Gasteiger partial charge in [-0.05, 0) is 23.3 Å². The van der Waals surface area contributed by atoms with Crippen molar-refractivity contribution < 1.29 is 9.66 Å². The summed E-state index contributed by atoms with van der Waals surface area (Å²) in [5.74, 6) is 0.883. The first-order valence-corrected chi connectivity index (χ1v) is 7.88. The smallest absolute Gasteiger partial charge is 0.331 e. The third kappa shape index (κ3) is 4.44. The summed E-state index contributed by atoms with van der Waals surface area (Å²) in [7, 11) is 0. The Labute approximate surface area is 149 Å². The van der Waals surface area contributed by atoms with Gasteiger partial charge in [0.2, 0.25) is 0 Å². The van der Waals surface area contributed by atoms with Gasteiger partial charge in [-0.25, -0.2) is 4.98 Å². The summed E-state index contributed by atoms with van der Waals surface area (Å²) in [6.45, 7) is 0.649. The molecule has 132 valence electrons. The van der Waals surface area contributed by atoms with Gasteiger partial charge in [0, 0.05) is 18.8 Å². The van der Waals surface area contributed by atoms with Gasteiger partial charge in [0.25, 0.3) is 5.88 Å². The van der Waals surface area contributed by atoms with Crippen LogP contribution in [-0.2, 0) is 13.2 Å². The number of hydrogen-bond acceptors (Lipinski definition) is 7. The Balaban J connectivity index is 1.72. The molecule has 0 spiro atoms. The Morgan fingerprint density at radius 1 is 1.08 bits per heavy atom. The molecule has 2 heterocycles. The molecule has 0 amide bonds. The van der Waals surface area contributed by atoms with Gasteiger partial charge in [-0.1, -0.05) is 36.4 Å². The fourth-order valence-electron chi connectivity index (χ4n) is 2.24. The summed E-state index contributed by atoms with van der Waals surface area (Å²) < 4.78 is 5.57. The molecular weight excluding hydrogens is 334 g/mol. The van der Waals surface area contributed by atoms with E-state index in [0.717, 1.165) is 11.1 Å². The molecule has 0 unspecified atom stereocenters. The van der Waals surface area contributed by atoms with E-state index in [1.165, 1.54) is 12.1 Å². The lowest BCUT2D eigenvalue weighted by Gasteiger charge is -2.09. The molecule has 0 saturated carbocycles. The van der Waals surface area contributed by atoms with Crippen molar-refractivity contribution >= 4 is 17.3 Å². The van der Waals surface area contributed by atoms with Crippen LogP contribution >= 0.6 is 0 Å². The van der Waals surface area contributed by atoms with Crippen molar-refractivity contribution in [1.82, 2.24) is 9.97 Å². The topological polar surface area (TPSA) is 116 Å². The van der Waals surface area contributed by atoms with Crippen LogP contribution in [0.2, 0.25) is 0 Å². The molecule has 8 nitrogen and oxygen atoms in total. The molecular formula is C18H17N5O3. The number of pyridine rings is 2. The molecule has 3 rings (SSSR count). The van der Waals surface area contributed by atoms with Gasteiger partial charge in [0.1, 0.15) is 18.2 Å². The molecule has 0 aliphatic carbocycles. The zero-order valence-electron chi connectivity index (χ0n) is 13.8. The molecule has 3 aromatic rings. The van der Waals surface area contributed by atoms with E-state index in [4.69, 9.17) is 10.5 Å². The normalized spacial score (nSPS) is 10.3. The van der Waals surface area contributed by atoms with Crippen LogP contribution in [0.1, 0.15) is 11.1 Å². The van der Waals surface area contributed by atoms with E-state index in [1.807, 2.05) is 36.4 Å². The number of nitrogens with one attached hydrogen (secondary N) is 1. The Bertz CT molecular complexity index is 885. The van der Waals surface area contributed by atoms with Crippen LogP contribution in [0.3, 0.4) is 0 Å². The van der Waals surface area contributed by atoms with E-state index in [-0.39, 0.29) is 18.2 Å². The summed E-state index contributed by atoms with van der Waals surface area (Å²) in [5.41, 5.74) is 7.18. The number of nitrogens with zero attached hydrogens (tertiary/aromatic N) is 3. The molecule has 0 bridgehead atoms. The van der Waals surface area contributed by atoms with Crippen molar-refractivity contribution in [1.29, 1.82) is 0 Å². The number of nitro groups is 1. The predicted molar refractivity (Wildman–Crippen MR) is 97.6 cm³/mol. The minimum Gasteiger partial charge on any atom is -0.468 e. The maximum absolute atomic E-state index is 11.2. The molecule has 0 aliphatic rings. The number of anilines is 2. The van der Waals surface area contributed by atoms with Crippen LogP contribution < -0.4 is 15.8 Å². The SMILES string of the molecule is Nc1ccc(CNc2ccc([N+](=O)[O-])c(OCc3ccccc3)n2)cn1. The van der Waals surface area contributed by atoms with Crippen molar-refractivity contribution in [3.05, 3.63) is 82.0 Å².